The molecule has 0 spiro atoms. The highest BCUT2D eigenvalue weighted by molar-refractivity contribution is 6.47. The SMILES string of the molecule is CCCCCCCCB1OC2C(O1)C1OB(CCCCCCCC)OC3C1OB(CCCCCCCC)OC23. The van der Waals surface area contributed by atoms with E-state index in [4.69, 9.17) is 27.9 Å². The summed E-state index contributed by atoms with van der Waals surface area (Å²) in [5.74, 6) is 0. The average Bonchev–Trinajstić information content (AvgIpc) is 3.36. The molecule has 0 N–H and O–H groups in total. The van der Waals surface area contributed by atoms with Crippen molar-refractivity contribution in [2.24, 2.45) is 0 Å². The predicted octanol–water partition coefficient (Wildman–Crippen LogP) is 7.90. The molecule has 0 atom stereocenters. The molecule has 3 saturated heterocycles. The number of fused-ring (bicyclic) bond motifs is 3. The van der Waals surface area contributed by atoms with Crippen molar-refractivity contribution in [3.8, 4) is 0 Å². The van der Waals surface area contributed by atoms with Gasteiger partial charge in [0.2, 0.25) is 0 Å². The topological polar surface area (TPSA) is 55.4 Å². The first-order chi connectivity index (χ1) is 19.2. The van der Waals surface area contributed by atoms with Gasteiger partial charge in [0, 0.05) is 0 Å². The molecule has 222 valence electrons. The van der Waals surface area contributed by atoms with Crippen LogP contribution >= 0.6 is 0 Å². The number of unbranched alkanes of at least 4 members (excludes halogenated alkanes) is 15. The molecule has 1 saturated carbocycles. The summed E-state index contributed by atoms with van der Waals surface area (Å²) >= 11 is 0. The van der Waals surface area contributed by atoms with Crippen molar-refractivity contribution in [2.75, 3.05) is 0 Å². The van der Waals surface area contributed by atoms with Crippen LogP contribution in [0.25, 0.3) is 0 Å². The van der Waals surface area contributed by atoms with Crippen LogP contribution < -0.4 is 0 Å². The Kier molecular flexibility index (Phi) is 14.6. The van der Waals surface area contributed by atoms with Crippen LogP contribution in [0.1, 0.15) is 136 Å². The Balaban J connectivity index is 1.30. The quantitative estimate of drug-likeness (QED) is 0.108. The second-order valence-electron chi connectivity index (χ2n) is 12.6. The molecule has 4 aliphatic rings. The van der Waals surface area contributed by atoms with Crippen LogP contribution in [0.4, 0.5) is 0 Å². The Labute approximate surface area is 241 Å². The van der Waals surface area contributed by atoms with Crippen molar-refractivity contribution in [1.82, 2.24) is 0 Å². The van der Waals surface area contributed by atoms with Gasteiger partial charge in [0.1, 0.15) is 0 Å². The minimum Gasteiger partial charge on any atom is -0.403 e. The lowest BCUT2D eigenvalue weighted by molar-refractivity contribution is -0.230. The van der Waals surface area contributed by atoms with Crippen LogP contribution in [0.15, 0.2) is 0 Å². The molecule has 0 unspecified atom stereocenters. The Morgan fingerprint density at radius 1 is 0.308 bits per heavy atom. The summed E-state index contributed by atoms with van der Waals surface area (Å²) in [6, 6.07) is 0. The molecular formula is C30H57B3O6. The smallest absolute Gasteiger partial charge is 0.403 e. The average molecular weight is 546 g/mol. The lowest BCUT2D eigenvalue weighted by atomic mass is 9.70. The first-order valence-corrected chi connectivity index (χ1v) is 17.2. The van der Waals surface area contributed by atoms with E-state index in [1.807, 2.05) is 0 Å². The predicted molar refractivity (Wildman–Crippen MR) is 161 cm³/mol. The van der Waals surface area contributed by atoms with E-state index in [2.05, 4.69) is 20.8 Å². The summed E-state index contributed by atoms with van der Waals surface area (Å²) in [5.41, 5.74) is 0. The normalized spacial score (nSPS) is 29.8. The van der Waals surface area contributed by atoms with Gasteiger partial charge < -0.3 is 27.9 Å². The lowest BCUT2D eigenvalue weighted by Crippen LogP contribution is -2.74. The second kappa shape index (κ2) is 17.8. The van der Waals surface area contributed by atoms with Crippen molar-refractivity contribution >= 4 is 21.4 Å². The van der Waals surface area contributed by atoms with Crippen LogP contribution in [0.3, 0.4) is 0 Å². The van der Waals surface area contributed by atoms with Crippen LogP contribution in [-0.2, 0) is 27.9 Å². The van der Waals surface area contributed by atoms with Gasteiger partial charge in [0.25, 0.3) is 0 Å². The van der Waals surface area contributed by atoms with Gasteiger partial charge in [-0.25, -0.2) is 0 Å². The molecule has 4 rings (SSSR count). The molecule has 6 nitrogen and oxygen atoms in total. The van der Waals surface area contributed by atoms with Gasteiger partial charge in [0.05, 0.1) is 36.6 Å². The van der Waals surface area contributed by atoms with E-state index < -0.39 is 0 Å². The molecule has 0 amide bonds. The van der Waals surface area contributed by atoms with Crippen molar-refractivity contribution in [1.29, 1.82) is 0 Å². The maximum atomic E-state index is 6.61. The summed E-state index contributed by atoms with van der Waals surface area (Å²) in [7, 11) is -0.572. The monoisotopic (exact) mass is 546 g/mol. The van der Waals surface area contributed by atoms with E-state index in [-0.39, 0.29) is 58.0 Å². The molecule has 1 aliphatic carbocycles. The molecule has 0 radical (unpaired) electrons. The highest BCUT2D eigenvalue weighted by atomic mass is 16.7. The largest absolute Gasteiger partial charge is 0.457 e. The standard InChI is InChI=1S/C30H57B3O6/c1-4-7-10-13-16-19-22-31-34-25-26-27(36-31)29-30(39-33(38-29)24-21-18-15-12-9-6-3)28(25)37-32(35-26)23-20-17-14-11-8-5-2/h25-30H,4-24H2,1-3H3. The number of hydrogen-bond acceptors (Lipinski definition) is 6. The molecule has 0 aromatic rings. The fraction of sp³-hybridized carbons (Fsp3) is 1.00. The van der Waals surface area contributed by atoms with Gasteiger partial charge in [-0.3, -0.25) is 0 Å². The van der Waals surface area contributed by atoms with E-state index in [1.165, 1.54) is 96.3 Å². The van der Waals surface area contributed by atoms with E-state index in [0.717, 1.165) is 38.2 Å². The van der Waals surface area contributed by atoms with Gasteiger partial charge in [-0.05, 0) is 19.0 Å². The van der Waals surface area contributed by atoms with Crippen molar-refractivity contribution in [2.45, 2.75) is 192 Å². The minimum atomic E-state index is -0.200. The van der Waals surface area contributed by atoms with Crippen molar-refractivity contribution in [3.05, 3.63) is 0 Å². The summed E-state index contributed by atoms with van der Waals surface area (Å²) in [5, 5.41) is 0. The van der Waals surface area contributed by atoms with Gasteiger partial charge in [-0.15, -0.1) is 0 Å². The highest BCUT2D eigenvalue weighted by Crippen LogP contribution is 2.44. The van der Waals surface area contributed by atoms with Crippen molar-refractivity contribution in [3.63, 3.8) is 0 Å². The number of hydrogen-bond donors (Lipinski definition) is 0. The fourth-order valence-corrected chi connectivity index (χ4v) is 6.88. The molecule has 4 bridgehead atoms. The van der Waals surface area contributed by atoms with Gasteiger partial charge >= 0.3 is 21.4 Å². The van der Waals surface area contributed by atoms with Crippen LogP contribution in [0.5, 0.6) is 0 Å². The number of rotatable bonds is 21. The fourth-order valence-electron chi connectivity index (χ4n) is 6.88. The molecule has 3 heterocycles. The molecule has 3 aliphatic heterocycles. The summed E-state index contributed by atoms with van der Waals surface area (Å²) < 4.78 is 39.4. The summed E-state index contributed by atoms with van der Waals surface area (Å²) in [6.07, 6.45) is 24.9. The zero-order chi connectivity index (χ0) is 27.3. The summed E-state index contributed by atoms with van der Waals surface area (Å²) in [4.78, 5) is 0. The van der Waals surface area contributed by atoms with Crippen LogP contribution in [0.2, 0.25) is 19.0 Å². The third-order valence-electron chi connectivity index (χ3n) is 9.18. The minimum absolute atomic E-state index is 0.132. The van der Waals surface area contributed by atoms with E-state index in [0.29, 0.717) is 0 Å². The van der Waals surface area contributed by atoms with Crippen LogP contribution in [-0.4, -0.2) is 58.0 Å². The Hall–Kier alpha value is -0.0452. The zero-order valence-electron chi connectivity index (χ0n) is 25.5. The lowest BCUT2D eigenvalue weighted by Gasteiger charge is -2.56. The zero-order valence-corrected chi connectivity index (χ0v) is 25.5. The van der Waals surface area contributed by atoms with E-state index in [1.54, 1.807) is 0 Å². The van der Waals surface area contributed by atoms with Gasteiger partial charge in [-0.2, -0.15) is 0 Å². The first-order valence-electron chi connectivity index (χ1n) is 17.2. The van der Waals surface area contributed by atoms with Gasteiger partial charge in [0.15, 0.2) is 0 Å². The van der Waals surface area contributed by atoms with E-state index in [9.17, 15) is 0 Å². The van der Waals surface area contributed by atoms with E-state index >= 15 is 0 Å². The second-order valence-corrected chi connectivity index (χ2v) is 12.6. The molecular weight excluding hydrogens is 489 g/mol. The molecule has 39 heavy (non-hydrogen) atoms. The Morgan fingerprint density at radius 3 is 0.744 bits per heavy atom. The Bertz CT molecular complexity index is 606. The maximum Gasteiger partial charge on any atom is 0.457 e. The third-order valence-corrected chi connectivity index (χ3v) is 9.18. The highest BCUT2D eigenvalue weighted by Gasteiger charge is 2.65. The van der Waals surface area contributed by atoms with Crippen molar-refractivity contribution < 1.29 is 27.9 Å². The molecule has 0 aromatic carbocycles. The van der Waals surface area contributed by atoms with Crippen LogP contribution in [0, 0.1) is 0 Å². The molecule has 0 aromatic heterocycles. The molecule has 4 fully saturated rings. The van der Waals surface area contributed by atoms with Gasteiger partial charge in [-0.1, -0.05) is 136 Å². The first kappa shape index (κ1) is 31.9. The molecule has 9 heteroatoms. The Morgan fingerprint density at radius 2 is 0.513 bits per heavy atom. The summed E-state index contributed by atoms with van der Waals surface area (Å²) in [6.45, 7) is 6.80. The maximum absolute atomic E-state index is 6.61. The third kappa shape index (κ3) is 9.48.